The highest BCUT2D eigenvalue weighted by atomic mass is 35.5. The van der Waals surface area contributed by atoms with Gasteiger partial charge in [0.05, 0.1) is 0 Å². The van der Waals surface area contributed by atoms with Gasteiger partial charge in [-0.05, 0) is 39.7 Å². The van der Waals surface area contributed by atoms with Crippen LogP contribution in [0.3, 0.4) is 0 Å². The average molecular weight is 381 g/mol. The first kappa shape index (κ1) is 20.9. The van der Waals surface area contributed by atoms with E-state index in [2.05, 4.69) is 15.2 Å². The summed E-state index contributed by atoms with van der Waals surface area (Å²) in [5.74, 6) is -0.0783. The highest BCUT2D eigenvalue weighted by Gasteiger charge is 2.45. The minimum atomic E-state index is -3.89. The van der Waals surface area contributed by atoms with Crippen molar-refractivity contribution < 1.29 is 17.7 Å². The van der Waals surface area contributed by atoms with E-state index in [9.17, 15) is 13.2 Å². The number of nitrogens with one attached hydrogen (secondary N) is 2. The SMILES string of the molecule is Cc1noc(C)c1S(=O)(=O)NC1(C(=O)NCCCN)CCCC1.Cl. The fourth-order valence-electron chi connectivity index (χ4n) is 2.99. The minimum absolute atomic E-state index is 0. The molecule has 0 aliphatic heterocycles. The van der Waals surface area contributed by atoms with Crippen LogP contribution in [0.15, 0.2) is 9.42 Å². The first-order valence-electron chi connectivity index (χ1n) is 7.77. The number of nitrogens with two attached hydrogens (primary N) is 1. The molecule has 4 N–H and O–H groups in total. The van der Waals surface area contributed by atoms with Crippen LogP contribution >= 0.6 is 12.4 Å². The molecule has 138 valence electrons. The van der Waals surface area contributed by atoms with Gasteiger partial charge in [-0.2, -0.15) is 4.72 Å². The molecule has 1 heterocycles. The summed E-state index contributed by atoms with van der Waals surface area (Å²) in [5, 5.41) is 6.46. The Morgan fingerprint density at radius 2 is 1.96 bits per heavy atom. The van der Waals surface area contributed by atoms with Crippen molar-refractivity contribution in [2.75, 3.05) is 13.1 Å². The molecule has 1 amide bonds. The molecule has 2 rings (SSSR count). The van der Waals surface area contributed by atoms with Gasteiger partial charge in [-0.15, -0.1) is 12.4 Å². The average Bonchev–Trinajstić information content (AvgIpc) is 3.06. The Labute approximate surface area is 148 Å². The summed E-state index contributed by atoms with van der Waals surface area (Å²) in [4.78, 5) is 12.6. The molecule has 24 heavy (non-hydrogen) atoms. The Morgan fingerprint density at radius 1 is 1.33 bits per heavy atom. The first-order chi connectivity index (χ1) is 10.8. The Morgan fingerprint density at radius 3 is 2.46 bits per heavy atom. The van der Waals surface area contributed by atoms with Gasteiger partial charge in [0.1, 0.15) is 16.1 Å². The minimum Gasteiger partial charge on any atom is -0.360 e. The lowest BCUT2D eigenvalue weighted by molar-refractivity contribution is -0.126. The predicted molar refractivity (Wildman–Crippen MR) is 91.4 cm³/mol. The first-order valence-corrected chi connectivity index (χ1v) is 9.26. The molecule has 1 fully saturated rings. The predicted octanol–water partition coefficient (Wildman–Crippen LogP) is 0.769. The second-order valence-electron chi connectivity index (χ2n) is 5.95. The molecule has 0 unspecified atom stereocenters. The number of hydrogen-bond donors (Lipinski definition) is 3. The molecule has 1 aromatic rings. The number of halogens is 1. The molecule has 1 saturated carbocycles. The fourth-order valence-corrected chi connectivity index (χ4v) is 4.75. The number of sulfonamides is 1. The number of aryl methyl sites for hydroxylation is 2. The van der Waals surface area contributed by atoms with Gasteiger partial charge in [-0.3, -0.25) is 4.79 Å². The molecule has 0 radical (unpaired) electrons. The Balaban J connectivity index is 0.00000288. The summed E-state index contributed by atoms with van der Waals surface area (Å²) in [7, 11) is -3.89. The van der Waals surface area contributed by atoms with Crippen molar-refractivity contribution in [3.8, 4) is 0 Å². The number of hydrogen-bond acceptors (Lipinski definition) is 6. The highest BCUT2D eigenvalue weighted by molar-refractivity contribution is 7.89. The molecule has 0 atom stereocenters. The maximum Gasteiger partial charge on any atom is 0.246 e. The fraction of sp³-hybridized carbons (Fsp3) is 0.714. The summed E-state index contributed by atoms with van der Waals surface area (Å²) in [6, 6.07) is 0. The van der Waals surface area contributed by atoms with Crippen LogP contribution in [0.25, 0.3) is 0 Å². The van der Waals surface area contributed by atoms with Crippen LogP contribution in [0.2, 0.25) is 0 Å². The largest absolute Gasteiger partial charge is 0.360 e. The number of carbonyl (C=O) groups is 1. The number of rotatable bonds is 7. The van der Waals surface area contributed by atoms with Crippen LogP contribution in [0.5, 0.6) is 0 Å². The van der Waals surface area contributed by atoms with E-state index in [4.69, 9.17) is 10.3 Å². The van der Waals surface area contributed by atoms with E-state index in [1.807, 2.05) is 0 Å². The highest BCUT2D eigenvalue weighted by Crippen LogP contribution is 2.32. The zero-order valence-electron chi connectivity index (χ0n) is 13.9. The molecular weight excluding hydrogens is 356 g/mol. The van der Waals surface area contributed by atoms with Gasteiger partial charge in [0.2, 0.25) is 15.9 Å². The Kier molecular flexibility index (Phi) is 7.21. The number of aromatic nitrogens is 1. The molecule has 0 bridgehead atoms. The van der Waals surface area contributed by atoms with Crippen molar-refractivity contribution in [1.82, 2.24) is 15.2 Å². The lowest BCUT2D eigenvalue weighted by Crippen LogP contribution is -2.57. The van der Waals surface area contributed by atoms with Crippen LogP contribution in [0.4, 0.5) is 0 Å². The molecule has 0 spiro atoms. The van der Waals surface area contributed by atoms with Crippen molar-refractivity contribution in [1.29, 1.82) is 0 Å². The van der Waals surface area contributed by atoms with E-state index in [1.165, 1.54) is 6.92 Å². The lowest BCUT2D eigenvalue weighted by atomic mass is 9.98. The van der Waals surface area contributed by atoms with E-state index in [0.29, 0.717) is 32.4 Å². The van der Waals surface area contributed by atoms with Crippen LogP contribution in [0, 0.1) is 13.8 Å². The third-order valence-electron chi connectivity index (χ3n) is 4.12. The molecular formula is C14H25ClN4O4S. The van der Waals surface area contributed by atoms with Crippen LogP contribution in [-0.2, 0) is 14.8 Å². The maximum atomic E-state index is 12.7. The summed E-state index contributed by atoms with van der Waals surface area (Å²) < 4.78 is 33.0. The second kappa shape index (κ2) is 8.28. The Hall–Kier alpha value is -1.16. The normalized spacial score (nSPS) is 16.6. The monoisotopic (exact) mass is 380 g/mol. The molecule has 1 aromatic heterocycles. The van der Waals surface area contributed by atoms with E-state index in [-0.39, 0.29) is 34.7 Å². The molecule has 8 nitrogen and oxygen atoms in total. The van der Waals surface area contributed by atoms with Crippen LogP contribution in [0.1, 0.15) is 43.6 Å². The molecule has 1 aliphatic rings. The smallest absolute Gasteiger partial charge is 0.246 e. The zero-order chi connectivity index (χ0) is 17.1. The Bertz CT molecular complexity index is 649. The molecule has 10 heteroatoms. The maximum absolute atomic E-state index is 12.7. The van der Waals surface area contributed by atoms with Gasteiger partial charge in [-0.25, -0.2) is 8.42 Å². The van der Waals surface area contributed by atoms with Crippen LogP contribution in [-0.4, -0.2) is 38.1 Å². The van der Waals surface area contributed by atoms with E-state index < -0.39 is 15.6 Å². The van der Waals surface area contributed by atoms with E-state index in [0.717, 1.165) is 12.8 Å². The number of carbonyl (C=O) groups excluding carboxylic acids is 1. The van der Waals surface area contributed by atoms with Crippen molar-refractivity contribution >= 4 is 28.3 Å². The van der Waals surface area contributed by atoms with Crippen LogP contribution < -0.4 is 15.8 Å². The molecule has 1 aliphatic carbocycles. The number of nitrogens with zero attached hydrogens (tertiary/aromatic N) is 1. The summed E-state index contributed by atoms with van der Waals surface area (Å²) in [5.41, 5.74) is 4.60. The van der Waals surface area contributed by atoms with Crippen molar-refractivity contribution in [2.24, 2.45) is 5.73 Å². The summed E-state index contributed by atoms with van der Waals surface area (Å²) >= 11 is 0. The summed E-state index contributed by atoms with van der Waals surface area (Å²) in [6.07, 6.45) is 3.20. The third kappa shape index (κ3) is 4.27. The van der Waals surface area contributed by atoms with E-state index >= 15 is 0 Å². The molecule has 0 saturated heterocycles. The molecule has 0 aromatic carbocycles. The van der Waals surface area contributed by atoms with Gasteiger partial charge in [0.25, 0.3) is 0 Å². The van der Waals surface area contributed by atoms with Crippen molar-refractivity contribution in [3.05, 3.63) is 11.5 Å². The summed E-state index contributed by atoms with van der Waals surface area (Å²) in [6.45, 7) is 4.01. The van der Waals surface area contributed by atoms with Gasteiger partial charge in [0, 0.05) is 6.54 Å². The number of amides is 1. The quantitative estimate of drug-likeness (QED) is 0.599. The van der Waals surface area contributed by atoms with Gasteiger partial charge < -0.3 is 15.6 Å². The van der Waals surface area contributed by atoms with E-state index in [1.54, 1.807) is 6.92 Å². The van der Waals surface area contributed by atoms with Crippen molar-refractivity contribution in [3.63, 3.8) is 0 Å². The topological polar surface area (TPSA) is 127 Å². The zero-order valence-corrected chi connectivity index (χ0v) is 15.6. The van der Waals surface area contributed by atoms with Gasteiger partial charge in [0.15, 0.2) is 5.76 Å². The van der Waals surface area contributed by atoms with Crippen molar-refractivity contribution in [2.45, 2.75) is 56.4 Å². The second-order valence-corrected chi connectivity index (χ2v) is 7.57. The lowest BCUT2D eigenvalue weighted by Gasteiger charge is -2.28. The third-order valence-corrected chi connectivity index (χ3v) is 5.90. The van der Waals surface area contributed by atoms with Gasteiger partial charge in [-0.1, -0.05) is 18.0 Å². The van der Waals surface area contributed by atoms with Gasteiger partial charge >= 0.3 is 0 Å². The standard InChI is InChI=1S/C14H24N4O4S.ClH/c1-10-12(11(2)22-17-10)23(20,21)18-14(6-3-4-7-14)13(19)16-9-5-8-15;/h18H,3-9,15H2,1-2H3,(H,16,19);1H.